The molecule has 11 heteroatoms. The highest BCUT2D eigenvalue weighted by Gasteiger charge is 2.45. The number of nitrogens with one attached hydrogen (secondary N) is 1. The van der Waals surface area contributed by atoms with Gasteiger partial charge in [-0.2, -0.15) is 0 Å². The molecule has 3 rings (SSSR count). The van der Waals surface area contributed by atoms with Crippen LogP contribution in [-0.4, -0.2) is 84.5 Å². The van der Waals surface area contributed by atoms with E-state index in [0.29, 0.717) is 19.6 Å². The van der Waals surface area contributed by atoms with Crippen molar-refractivity contribution in [2.45, 2.75) is 12.8 Å². The van der Waals surface area contributed by atoms with Crippen LogP contribution in [0.1, 0.15) is 12.8 Å². The van der Waals surface area contributed by atoms with Crippen LogP contribution in [-0.2, 0) is 25.7 Å². The summed E-state index contributed by atoms with van der Waals surface area (Å²) in [5.74, 6) is -0.756. The summed E-state index contributed by atoms with van der Waals surface area (Å²) in [6, 6.07) is 7.95. The van der Waals surface area contributed by atoms with Gasteiger partial charge in [0.05, 0.1) is 11.5 Å². The molecule has 2 aliphatic rings. The summed E-state index contributed by atoms with van der Waals surface area (Å²) in [5.41, 5.74) is 7.32. The minimum absolute atomic E-state index is 0.00933. The van der Waals surface area contributed by atoms with Crippen molar-refractivity contribution in [2.75, 3.05) is 66.7 Å². The summed E-state index contributed by atoms with van der Waals surface area (Å²) in [5, 5.41) is 3.12. The zero-order chi connectivity index (χ0) is 21.8. The van der Waals surface area contributed by atoms with Crippen LogP contribution in [0.15, 0.2) is 24.3 Å². The van der Waals surface area contributed by atoms with E-state index in [1.807, 2.05) is 24.3 Å². The van der Waals surface area contributed by atoms with Gasteiger partial charge in [0, 0.05) is 56.1 Å². The van der Waals surface area contributed by atoms with Crippen LogP contribution in [0.4, 0.5) is 11.4 Å². The molecule has 1 aromatic carbocycles. The standard InChI is InChI=1S/C19H30N4O5S2/c20-7-12-30(27,28)13-18(24)23-10-6-19(15-23)5-9-22(14-19)17-3-1-16(2-4-17)21-8-11-29(25)26/h1-4,21H,5-15,20H2,(H,25,26). The molecule has 0 radical (unpaired) electrons. The van der Waals surface area contributed by atoms with Gasteiger partial charge < -0.3 is 25.4 Å². The predicted octanol–water partition coefficient (Wildman–Crippen LogP) is 0.123. The molecular formula is C19H30N4O5S2. The van der Waals surface area contributed by atoms with E-state index in [1.165, 1.54) is 0 Å². The summed E-state index contributed by atoms with van der Waals surface area (Å²) < 4.78 is 43.3. The Morgan fingerprint density at radius 3 is 2.57 bits per heavy atom. The summed E-state index contributed by atoms with van der Waals surface area (Å²) in [4.78, 5) is 16.4. The Morgan fingerprint density at radius 1 is 1.20 bits per heavy atom. The molecule has 1 aromatic rings. The molecule has 168 valence electrons. The zero-order valence-corrected chi connectivity index (χ0v) is 18.6. The largest absolute Gasteiger partial charge is 0.384 e. The molecule has 0 aromatic heterocycles. The Morgan fingerprint density at radius 2 is 1.90 bits per heavy atom. The minimum Gasteiger partial charge on any atom is -0.384 e. The van der Waals surface area contributed by atoms with Crippen LogP contribution in [0.25, 0.3) is 0 Å². The molecule has 4 N–H and O–H groups in total. The van der Waals surface area contributed by atoms with Crippen molar-refractivity contribution in [3.8, 4) is 0 Å². The van der Waals surface area contributed by atoms with Crippen molar-refractivity contribution in [1.82, 2.24) is 4.90 Å². The number of carbonyl (C=O) groups is 1. The van der Waals surface area contributed by atoms with Gasteiger partial charge in [-0.1, -0.05) is 0 Å². The number of anilines is 2. The van der Waals surface area contributed by atoms with E-state index in [1.54, 1.807) is 4.90 Å². The summed E-state index contributed by atoms with van der Waals surface area (Å²) >= 11 is -1.80. The first kappa shape index (κ1) is 23.0. The Labute approximate surface area is 180 Å². The molecule has 30 heavy (non-hydrogen) atoms. The minimum atomic E-state index is -3.44. The molecule has 0 saturated carbocycles. The van der Waals surface area contributed by atoms with Gasteiger partial charge in [-0.15, -0.1) is 0 Å². The number of hydrogen-bond acceptors (Lipinski definition) is 7. The van der Waals surface area contributed by atoms with E-state index in [9.17, 15) is 17.4 Å². The SMILES string of the molecule is NCCS(=O)(=O)CC(=O)N1CCC2(CCN(c3ccc(NCCS(=O)O)cc3)C2)C1. The van der Waals surface area contributed by atoms with Crippen molar-refractivity contribution in [3.05, 3.63) is 24.3 Å². The number of amides is 1. The normalized spacial score (nSPS) is 22.6. The maximum absolute atomic E-state index is 12.4. The quantitative estimate of drug-likeness (QED) is 0.445. The van der Waals surface area contributed by atoms with E-state index in [2.05, 4.69) is 10.2 Å². The lowest BCUT2D eigenvalue weighted by molar-refractivity contribution is -0.127. The fraction of sp³-hybridized carbons (Fsp3) is 0.632. The van der Waals surface area contributed by atoms with Gasteiger partial charge in [-0.05, 0) is 37.1 Å². The van der Waals surface area contributed by atoms with Crippen LogP contribution in [0.2, 0.25) is 0 Å². The molecule has 2 unspecified atom stereocenters. The van der Waals surface area contributed by atoms with Crippen molar-refractivity contribution >= 4 is 38.2 Å². The first-order chi connectivity index (χ1) is 14.2. The third kappa shape index (κ3) is 5.93. The van der Waals surface area contributed by atoms with Gasteiger partial charge in [-0.25, -0.2) is 12.6 Å². The van der Waals surface area contributed by atoms with Gasteiger partial charge >= 0.3 is 0 Å². The van der Waals surface area contributed by atoms with Crippen LogP contribution < -0.4 is 16.0 Å². The number of rotatable bonds is 9. The van der Waals surface area contributed by atoms with E-state index in [0.717, 1.165) is 37.3 Å². The number of nitrogens with zero attached hydrogens (tertiary/aromatic N) is 2. The van der Waals surface area contributed by atoms with Gasteiger partial charge in [0.15, 0.2) is 20.9 Å². The maximum atomic E-state index is 12.4. The van der Waals surface area contributed by atoms with Crippen molar-refractivity contribution in [3.63, 3.8) is 0 Å². The van der Waals surface area contributed by atoms with Crippen molar-refractivity contribution in [1.29, 1.82) is 0 Å². The fourth-order valence-electron chi connectivity index (χ4n) is 4.24. The molecule has 2 fully saturated rings. The van der Waals surface area contributed by atoms with Gasteiger partial charge in [0.2, 0.25) is 5.91 Å². The highest BCUT2D eigenvalue weighted by Crippen LogP contribution is 2.41. The number of carbonyl (C=O) groups excluding carboxylic acids is 1. The topological polar surface area (TPSA) is 133 Å². The molecule has 0 bridgehead atoms. The Balaban J connectivity index is 1.53. The highest BCUT2D eigenvalue weighted by atomic mass is 32.2. The second-order valence-corrected chi connectivity index (χ2v) is 11.4. The third-order valence-corrected chi connectivity index (χ3v) is 7.94. The first-order valence-corrected chi connectivity index (χ1v) is 13.2. The smallest absolute Gasteiger partial charge is 0.237 e. The molecule has 2 atom stereocenters. The number of benzene rings is 1. The number of likely N-dealkylation sites (tertiary alicyclic amines) is 1. The monoisotopic (exact) mass is 458 g/mol. The van der Waals surface area contributed by atoms with Crippen molar-refractivity contribution < 1.29 is 22.0 Å². The summed E-state index contributed by atoms with van der Waals surface area (Å²) in [6.45, 7) is 3.38. The molecule has 9 nitrogen and oxygen atoms in total. The first-order valence-electron chi connectivity index (χ1n) is 10.1. The average Bonchev–Trinajstić information content (AvgIpc) is 3.29. The molecular weight excluding hydrogens is 428 g/mol. The number of hydrogen-bond donors (Lipinski definition) is 3. The second-order valence-electron chi connectivity index (χ2n) is 8.12. The molecule has 2 saturated heterocycles. The number of sulfone groups is 1. The van der Waals surface area contributed by atoms with E-state index < -0.39 is 26.7 Å². The zero-order valence-electron chi connectivity index (χ0n) is 17.0. The molecule has 2 aliphatic heterocycles. The van der Waals surface area contributed by atoms with Crippen LogP contribution in [0.5, 0.6) is 0 Å². The summed E-state index contributed by atoms with van der Waals surface area (Å²) in [6.07, 6.45) is 1.85. The molecule has 1 spiro atoms. The Hall–Kier alpha value is -1.69. The van der Waals surface area contributed by atoms with Crippen molar-refractivity contribution in [2.24, 2.45) is 11.1 Å². The van der Waals surface area contributed by atoms with E-state index in [4.69, 9.17) is 10.3 Å². The van der Waals surface area contributed by atoms with Gasteiger partial charge in [-0.3, -0.25) is 4.79 Å². The fourth-order valence-corrected chi connectivity index (χ4v) is 5.58. The Kier molecular flexibility index (Phi) is 7.38. The average molecular weight is 459 g/mol. The molecule has 1 amide bonds. The van der Waals surface area contributed by atoms with Crippen LogP contribution in [0.3, 0.4) is 0 Å². The van der Waals surface area contributed by atoms with Gasteiger partial charge in [0.25, 0.3) is 0 Å². The lowest BCUT2D eigenvalue weighted by Crippen LogP contribution is -2.38. The van der Waals surface area contributed by atoms with Crippen LogP contribution in [0, 0.1) is 5.41 Å². The lowest BCUT2D eigenvalue weighted by atomic mass is 9.86. The van der Waals surface area contributed by atoms with E-state index >= 15 is 0 Å². The van der Waals surface area contributed by atoms with E-state index in [-0.39, 0.29) is 29.4 Å². The summed E-state index contributed by atoms with van der Waals surface area (Å²) in [7, 11) is -3.44. The Bertz CT molecular complexity index is 877. The molecule has 2 heterocycles. The van der Waals surface area contributed by atoms with Gasteiger partial charge in [0.1, 0.15) is 5.75 Å². The molecule has 0 aliphatic carbocycles. The third-order valence-electron chi connectivity index (χ3n) is 5.84. The highest BCUT2D eigenvalue weighted by molar-refractivity contribution is 7.92. The predicted molar refractivity (Wildman–Crippen MR) is 119 cm³/mol. The van der Waals surface area contributed by atoms with Crippen LogP contribution >= 0.6 is 0 Å². The number of nitrogens with two attached hydrogens (primary N) is 1. The lowest BCUT2D eigenvalue weighted by Gasteiger charge is -2.25. The second kappa shape index (κ2) is 9.63. The maximum Gasteiger partial charge on any atom is 0.237 e.